The lowest BCUT2D eigenvalue weighted by atomic mass is 10.4. The summed E-state index contributed by atoms with van der Waals surface area (Å²) in [6.45, 7) is 3.24. The standard InChI is InChI=1S/C8H20N2S/c1-8(9)7-11-6-4-5-10(2)3/h8H,4-7,9H2,1-3H3. The zero-order chi connectivity index (χ0) is 8.69. The van der Waals surface area contributed by atoms with E-state index in [0.29, 0.717) is 6.04 Å². The molecule has 2 N–H and O–H groups in total. The van der Waals surface area contributed by atoms with Gasteiger partial charge in [0.05, 0.1) is 0 Å². The second-order valence-corrected chi connectivity index (χ2v) is 4.36. The Labute approximate surface area is 74.5 Å². The number of nitrogens with zero attached hydrogens (tertiary/aromatic N) is 1. The second-order valence-electron chi connectivity index (χ2n) is 3.21. The first-order chi connectivity index (χ1) is 5.13. The fourth-order valence-electron chi connectivity index (χ4n) is 0.752. The van der Waals surface area contributed by atoms with Crippen LogP contribution in [0.25, 0.3) is 0 Å². The Kier molecular flexibility index (Phi) is 7.12. The Morgan fingerprint density at radius 3 is 2.55 bits per heavy atom. The number of hydrogen-bond donors (Lipinski definition) is 1. The van der Waals surface area contributed by atoms with Gasteiger partial charge in [-0.2, -0.15) is 11.8 Å². The Morgan fingerprint density at radius 1 is 1.45 bits per heavy atom. The molecule has 0 bridgehead atoms. The summed E-state index contributed by atoms with van der Waals surface area (Å²) in [4.78, 5) is 2.21. The van der Waals surface area contributed by atoms with E-state index < -0.39 is 0 Å². The summed E-state index contributed by atoms with van der Waals surface area (Å²) in [6, 6.07) is 0.347. The van der Waals surface area contributed by atoms with Gasteiger partial charge in [-0.3, -0.25) is 0 Å². The highest BCUT2D eigenvalue weighted by molar-refractivity contribution is 7.99. The van der Waals surface area contributed by atoms with Crippen LogP contribution in [-0.4, -0.2) is 43.1 Å². The summed E-state index contributed by atoms with van der Waals surface area (Å²) in [7, 11) is 4.21. The van der Waals surface area contributed by atoms with E-state index in [1.807, 2.05) is 11.8 Å². The molecule has 1 atom stereocenters. The van der Waals surface area contributed by atoms with Crippen molar-refractivity contribution >= 4 is 11.8 Å². The molecule has 1 unspecified atom stereocenters. The van der Waals surface area contributed by atoms with Gasteiger partial charge in [-0.05, 0) is 39.7 Å². The Morgan fingerprint density at radius 2 is 2.09 bits per heavy atom. The molecule has 0 heterocycles. The van der Waals surface area contributed by atoms with E-state index >= 15 is 0 Å². The molecular formula is C8H20N2S. The summed E-state index contributed by atoms with van der Waals surface area (Å²) < 4.78 is 0. The van der Waals surface area contributed by atoms with E-state index in [4.69, 9.17) is 5.73 Å². The van der Waals surface area contributed by atoms with E-state index in [1.165, 1.54) is 18.7 Å². The molecule has 0 aliphatic carbocycles. The smallest absolute Gasteiger partial charge is 0.0101 e. The summed E-state index contributed by atoms with van der Waals surface area (Å²) in [6.07, 6.45) is 1.27. The summed E-state index contributed by atoms with van der Waals surface area (Å²) in [5.41, 5.74) is 5.60. The van der Waals surface area contributed by atoms with Crippen molar-refractivity contribution in [2.75, 3.05) is 32.1 Å². The molecule has 3 heteroatoms. The van der Waals surface area contributed by atoms with Crippen molar-refractivity contribution in [3.63, 3.8) is 0 Å². The molecule has 0 spiro atoms. The van der Waals surface area contributed by atoms with E-state index in [-0.39, 0.29) is 0 Å². The molecule has 0 fully saturated rings. The largest absolute Gasteiger partial charge is 0.327 e. The van der Waals surface area contributed by atoms with Gasteiger partial charge >= 0.3 is 0 Å². The van der Waals surface area contributed by atoms with Gasteiger partial charge in [0.1, 0.15) is 0 Å². The van der Waals surface area contributed by atoms with E-state index in [1.54, 1.807) is 0 Å². The van der Waals surface area contributed by atoms with Crippen molar-refractivity contribution in [2.24, 2.45) is 5.73 Å². The minimum Gasteiger partial charge on any atom is -0.327 e. The SMILES string of the molecule is CC(N)CSCCCN(C)C. The van der Waals surface area contributed by atoms with Crippen LogP contribution in [-0.2, 0) is 0 Å². The lowest BCUT2D eigenvalue weighted by molar-refractivity contribution is 0.410. The summed E-state index contributed by atoms with van der Waals surface area (Å²) in [5, 5.41) is 0. The number of nitrogens with two attached hydrogens (primary N) is 1. The van der Waals surface area contributed by atoms with Crippen molar-refractivity contribution in [1.29, 1.82) is 0 Å². The lowest BCUT2D eigenvalue weighted by Crippen LogP contribution is -2.18. The minimum atomic E-state index is 0.347. The van der Waals surface area contributed by atoms with Gasteiger partial charge in [0, 0.05) is 11.8 Å². The maximum absolute atomic E-state index is 5.60. The average Bonchev–Trinajstić information content (AvgIpc) is 1.85. The number of thioether (sulfide) groups is 1. The molecule has 68 valence electrons. The van der Waals surface area contributed by atoms with Gasteiger partial charge in [0.2, 0.25) is 0 Å². The number of hydrogen-bond acceptors (Lipinski definition) is 3. The van der Waals surface area contributed by atoms with E-state index in [9.17, 15) is 0 Å². The molecule has 0 saturated carbocycles. The predicted octanol–water partition coefficient (Wildman–Crippen LogP) is 1.02. The van der Waals surface area contributed by atoms with E-state index in [0.717, 1.165) is 5.75 Å². The van der Waals surface area contributed by atoms with Gasteiger partial charge in [0.25, 0.3) is 0 Å². The highest BCUT2D eigenvalue weighted by Gasteiger charge is 1.94. The van der Waals surface area contributed by atoms with Gasteiger partial charge < -0.3 is 10.6 Å². The summed E-state index contributed by atoms with van der Waals surface area (Å²) in [5.74, 6) is 2.33. The summed E-state index contributed by atoms with van der Waals surface area (Å²) >= 11 is 1.95. The average molecular weight is 176 g/mol. The molecule has 0 aliphatic heterocycles. The van der Waals surface area contributed by atoms with Crippen molar-refractivity contribution < 1.29 is 0 Å². The fraction of sp³-hybridized carbons (Fsp3) is 1.00. The lowest BCUT2D eigenvalue weighted by Gasteiger charge is -2.09. The van der Waals surface area contributed by atoms with Crippen LogP contribution < -0.4 is 5.73 Å². The molecule has 0 aromatic heterocycles. The van der Waals surface area contributed by atoms with Crippen molar-refractivity contribution in [3.8, 4) is 0 Å². The van der Waals surface area contributed by atoms with Crippen LogP contribution in [0.3, 0.4) is 0 Å². The third-order valence-electron chi connectivity index (χ3n) is 1.27. The highest BCUT2D eigenvalue weighted by Crippen LogP contribution is 2.03. The van der Waals surface area contributed by atoms with Crippen LogP contribution in [0.15, 0.2) is 0 Å². The fourth-order valence-corrected chi connectivity index (χ4v) is 1.62. The zero-order valence-electron chi connectivity index (χ0n) is 7.84. The number of rotatable bonds is 6. The normalized spacial score (nSPS) is 13.9. The van der Waals surface area contributed by atoms with Crippen LogP contribution in [0.5, 0.6) is 0 Å². The quantitative estimate of drug-likeness (QED) is 0.613. The maximum Gasteiger partial charge on any atom is 0.0101 e. The Hall–Kier alpha value is 0.270. The van der Waals surface area contributed by atoms with Crippen molar-refractivity contribution in [2.45, 2.75) is 19.4 Å². The van der Waals surface area contributed by atoms with Crippen molar-refractivity contribution in [1.82, 2.24) is 4.90 Å². The Bertz CT molecular complexity index is 74.2. The van der Waals surface area contributed by atoms with E-state index in [2.05, 4.69) is 25.9 Å². The maximum atomic E-state index is 5.60. The van der Waals surface area contributed by atoms with Gasteiger partial charge in [0.15, 0.2) is 0 Å². The molecule has 0 rings (SSSR count). The molecule has 0 amide bonds. The molecule has 2 nitrogen and oxygen atoms in total. The van der Waals surface area contributed by atoms with Crippen LogP contribution in [0.4, 0.5) is 0 Å². The molecule has 11 heavy (non-hydrogen) atoms. The zero-order valence-corrected chi connectivity index (χ0v) is 8.66. The van der Waals surface area contributed by atoms with Gasteiger partial charge in [-0.15, -0.1) is 0 Å². The van der Waals surface area contributed by atoms with Crippen LogP contribution >= 0.6 is 11.8 Å². The topological polar surface area (TPSA) is 29.3 Å². The molecule has 0 aliphatic rings. The van der Waals surface area contributed by atoms with Crippen LogP contribution in [0.2, 0.25) is 0 Å². The van der Waals surface area contributed by atoms with Crippen LogP contribution in [0.1, 0.15) is 13.3 Å². The monoisotopic (exact) mass is 176 g/mol. The van der Waals surface area contributed by atoms with Gasteiger partial charge in [-0.1, -0.05) is 0 Å². The molecule has 0 aromatic rings. The van der Waals surface area contributed by atoms with Crippen molar-refractivity contribution in [3.05, 3.63) is 0 Å². The van der Waals surface area contributed by atoms with Crippen LogP contribution in [0, 0.1) is 0 Å². The molecule has 0 radical (unpaired) electrons. The third kappa shape index (κ3) is 10.3. The first-order valence-corrected chi connectivity index (χ1v) is 5.26. The molecular weight excluding hydrogens is 156 g/mol. The first-order valence-electron chi connectivity index (χ1n) is 4.11. The Balaban J connectivity index is 2.91. The van der Waals surface area contributed by atoms with Gasteiger partial charge in [-0.25, -0.2) is 0 Å². The second kappa shape index (κ2) is 6.95. The first kappa shape index (κ1) is 11.3. The highest BCUT2D eigenvalue weighted by atomic mass is 32.2. The third-order valence-corrected chi connectivity index (χ3v) is 2.61. The molecule has 0 saturated heterocycles. The molecule has 0 aromatic carbocycles. The predicted molar refractivity (Wildman–Crippen MR) is 54.1 cm³/mol. The minimum absolute atomic E-state index is 0.347.